The number of aliphatic hydroxyl groups excluding tert-OH is 1. The third-order valence-corrected chi connectivity index (χ3v) is 1.95. The first kappa shape index (κ1) is 14.4. The molecule has 0 saturated heterocycles. The van der Waals surface area contributed by atoms with Crippen LogP contribution in [0, 0.1) is 0 Å². The number of ether oxygens (including phenoxy) is 2. The molecule has 0 heterocycles. The van der Waals surface area contributed by atoms with E-state index in [1.807, 2.05) is 0 Å². The largest absolute Gasteiger partial charge is 0.512 e. The fourth-order valence-corrected chi connectivity index (χ4v) is 0.915. The van der Waals surface area contributed by atoms with Crippen molar-refractivity contribution in [3.8, 4) is 0 Å². The van der Waals surface area contributed by atoms with Gasteiger partial charge in [-0.2, -0.15) is 0 Å². The maximum atomic E-state index is 11.2. The minimum absolute atomic E-state index is 0.536. The lowest BCUT2D eigenvalue weighted by atomic mass is 10.2. The summed E-state index contributed by atoms with van der Waals surface area (Å²) in [6.45, 7) is 0. The van der Waals surface area contributed by atoms with Gasteiger partial charge >= 0.3 is 11.9 Å². The Hall–Kier alpha value is -1.56. The van der Waals surface area contributed by atoms with Crippen LogP contribution in [0.5, 0.6) is 0 Å². The van der Waals surface area contributed by atoms with Crippen LogP contribution >= 0.6 is 11.6 Å². The van der Waals surface area contributed by atoms with Crippen LogP contribution in [-0.4, -0.2) is 42.4 Å². The molecule has 1 atom stereocenters. The van der Waals surface area contributed by atoms with E-state index in [1.54, 1.807) is 0 Å². The Balaban J connectivity index is 4.40. The van der Waals surface area contributed by atoms with Crippen molar-refractivity contribution in [2.45, 2.75) is 11.8 Å². The highest BCUT2D eigenvalue weighted by atomic mass is 35.5. The Morgan fingerprint density at radius 3 is 2.31 bits per heavy atom. The number of Topliss-reactive ketones (excluding diaryl/α,β-unsaturated/α-hetero) is 1. The second-order valence-corrected chi connectivity index (χ2v) is 3.12. The van der Waals surface area contributed by atoms with Crippen molar-refractivity contribution in [2.24, 2.45) is 0 Å². The van der Waals surface area contributed by atoms with Crippen molar-refractivity contribution in [3.63, 3.8) is 0 Å². The van der Waals surface area contributed by atoms with Crippen LogP contribution in [0.1, 0.15) is 6.42 Å². The van der Waals surface area contributed by atoms with E-state index in [0.29, 0.717) is 0 Å². The third kappa shape index (κ3) is 4.79. The number of carbonyl (C=O) groups is 3. The summed E-state index contributed by atoms with van der Waals surface area (Å²) in [5.41, 5.74) is 0. The first-order valence-electron chi connectivity index (χ1n) is 4.14. The van der Waals surface area contributed by atoms with E-state index in [0.717, 1.165) is 20.3 Å². The van der Waals surface area contributed by atoms with Gasteiger partial charge in [0.25, 0.3) is 0 Å². The average Bonchev–Trinajstić information content (AvgIpc) is 2.26. The van der Waals surface area contributed by atoms with Gasteiger partial charge in [0.2, 0.25) is 0 Å². The van der Waals surface area contributed by atoms with Crippen molar-refractivity contribution >= 4 is 29.3 Å². The fourth-order valence-electron chi connectivity index (χ4n) is 0.749. The molecular formula is C9H11ClO6. The molecule has 0 bridgehead atoms. The number of rotatable bonds is 5. The standard InChI is InChI=1S/C9H11ClO6/c1-15-7(13)4-5(11)3-6(12)8(10)9(14)16-2/h4,8,11H,3H2,1-2H3/b5-4-. The predicted octanol–water partition coefficient (Wildman–Crippen LogP) is 0.341. The van der Waals surface area contributed by atoms with Crippen LogP contribution in [0.25, 0.3) is 0 Å². The highest BCUT2D eigenvalue weighted by Crippen LogP contribution is 2.07. The first-order chi connectivity index (χ1) is 7.42. The molecule has 0 aromatic carbocycles. The number of allylic oxidation sites excluding steroid dienone is 1. The molecule has 1 N–H and O–H groups in total. The maximum absolute atomic E-state index is 11.2. The van der Waals surface area contributed by atoms with E-state index in [2.05, 4.69) is 9.47 Å². The van der Waals surface area contributed by atoms with Crippen LogP contribution in [0.4, 0.5) is 0 Å². The van der Waals surface area contributed by atoms with E-state index in [1.165, 1.54) is 0 Å². The first-order valence-corrected chi connectivity index (χ1v) is 4.58. The molecule has 6 nitrogen and oxygen atoms in total. The molecule has 0 fully saturated rings. The van der Waals surface area contributed by atoms with Crippen LogP contribution in [0.3, 0.4) is 0 Å². The highest BCUT2D eigenvalue weighted by molar-refractivity contribution is 6.41. The minimum atomic E-state index is -1.50. The Kier molecular flexibility index (Phi) is 6.17. The summed E-state index contributed by atoms with van der Waals surface area (Å²) in [5, 5.41) is 7.65. The number of aliphatic hydroxyl groups is 1. The molecule has 0 amide bonds. The Morgan fingerprint density at radius 1 is 1.31 bits per heavy atom. The normalized spacial score (nSPS) is 12.8. The molecule has 0 radical (unpaired) electrons. The van der Waals surface area contributed by atoms with Gasteiger partial charge in [0.05, 0.1) is 26.7 Å². The van der Waals surface area contributed by atoms with Crippen molar-refractivity contribution in [1.29, 1.82) is 0 Å². The van der Waals surface area contributed by atoms with E-state index in [9.17, 15) is 14.4 Å². The van der Waals surface area contributed by atoms with E-state index in [-0.39, 0.29) is 0 Å². The zero-order chi connectivity index (χ0) is 12.7. The summed E-state index contributed by atoms with van der Waals surface area (Å²) in [7, 11) is 2.20. The van der Waals surface area contributed by atoms with Gasteiger partial charge in [0.15, 0.2) is 11.2 Å². The van der Waals surface area contributed by atoms with E-state index >= 15 is 0 Å². The molecule has 0 rings (SSSR count). The molecule has 0 aliphatic carbocycles. The average molecular weight is 251 g/mol. The van der Waals surface area contributed by atoms with E-state index < -0.39 is 35.3 Å². The minimum Gasteiger partial charge on any atom is -0.512 e. The Bertz CT molecular complexity index is 322. The quantitative estimate of drug-likeness (QED) is 0.249. The van der Waals surface area contributed by atoms with Gasteiger partial charge in [-0.05, 0) is 0 Å². The molecule has 16 heavy (non-hydrogen) atoms. The topological polar surface area (TPSA) is 89.9 Å². The van der Waals surface area contributed by atoms with Gasteiger partial charge in [-0.1, -0.05) is 0 Å². The number of esters is 2. The molecule has 90 valence electrons. The van der Waals surface area contributed by atoms with Gasteiger partial charge in [-0.25, -0.2) is 9.59 Å². The Labute approximate surface area is 96.8 Å². The smallest absolute Gasteiger partial charge is 0.333 e. The molecule has 0 aromatic heterocycles. The summed E-state index contributed by atoms with van der Waals surface area (Å²) in [6, 6.07) is 0. The van der Waals surface area contributed by atoms with Crippen LogP contribution < -0.4 is 0 Å². The second kappa shape index (κ2) is 6.84. The molecule has 0 spiro atoms. The predicted molar refractivity (Wildman–Crippen MR) is 54.0 cm³/mol. The Morgan fingerprint density at radius 2 is 1.88 bits per heavy atom. The second-order valence-electron chi connectivity index (χ2n) is 2.69. The van der Waals surface area contributed by atoms with Crippen molar-refractivity contribution in [1.82, 2.24) is 0 Å². The lowest BCUT2D eigenvalue weighted by Gasteiger charge is -2.05. The number of ketones is 1. The SMILES string of the molecule is COC(=O)/C=C(\O)CC(=O)C(Cl)C(=O)OC. The van der Waals surface area contributed by atoms with Crippen LogP contribution in [0.15, 0.2) is 11.8 Å². The number of alkyl halides is 1. The molecule has 1 unspecified atom stereocenters. The lowest BCUT2D eigenvalue weighted by Crippen LogP contribution is -2.26. The zero-order valence-corrected chi connectivity index (χ0v) is 9.48. The molecule has 0 saturated carbocycles. The van der Waals surface area contributed by atoms with Crippen LogP contribution in [-0.2, 0) is 23.9 Å². The number of hydrogen-bond acceptors (Lipinski definition) is 6. The van der Waals surface area contributed by atoms with Crippen molar-refractivity contribution < 1.29 is 29.0 Å². The van der Waals surface area contributed by atoms with Crippen molar-refractivity contribution in [2.75, 3.05) is 14.2 Å². The fraction of sp³-hybridized carbons (Fsp3) is 0.444. The monoisotopic (exact) mass is 250 g/mol. The summed E-state index contributed by atoms with van der Waals surface area (Å²) in [6.07, 6.45) is 0.178. The van der Waals surface area contributed by atoms with Crippen LogP contribution in [0.2, 0.25) is 0 Å². The highest BCUT2D eigenvalue weighted by Gasteiger charge is 2.25. The summed E-state index contributed by atoms with van der Waals surface area (Å²) in [4.78, 5) is 32.8. The molecule has 0 aromatic rings. The van der Waals surface area contributed by atoms with Gasteiger partial charge in [0.1, 0.15) is 5.76 Å². The summed E-state index contributed by atoms with van der Waals surface area (Å²) < 4.78 is 8.45. The number of hydrogen-bond donors (Lipinski definition) is 1. The molecule has 0 aliphatic heterocycles. The number of methoxy groups -OCH3 is 2. The third-order valence-electron chi connectivity index (χ3n) is 1.53. The lowest BCUT2D eigenvalue weighted by molar-refractivity contribution is -0.142. The molecular weight excluding hydrogens is 240 g/mol. The van der Waals surface area contributed by atoms with Gasteiger partial charge < -0.3 is 14.6 Å². The number of carbonyl (C=O) groups excluding carboxylic acids is 3. The van der Waals surface area contributed by atoms with E-state index in [4.69, 9.17) is 16.7 Å². The molecule has 0 aliphatic rings. The maximum Gasteiger partial charge on any atom is 0.333 e. The zero-order valence-electron chi connectivity index (χ0n) is 8.73. The molecule has 7 heteroatoms. The van der Waals surface area contributed by atoms with Gasteiger partial charge in [-0.15, -0.1) is 11.6 Å². The van der Waals surface area contributed by atoms with Gasteiger partial charge in [0, 0.05) is 0 Å². The van der Waals surface area contributed by atoms with Gasteiger partial charge in [-0.3, -0.25) is 4.79 Å². The van der Waals surface area contributed by atoms with Crippen molar-refractivity contribution in [3.05, 3.63) is 11.8 Å². The summed E-state index contributed by atoms with van der Waals surface area (Å²) in [5.74, 6) is -3.04. The number of halogens is 1. The summed E-state index contributed by atoms with van der Waals surface area (Å²) >= 11 is 5.42.